The summed E-state index contributed by atoms with van der Waals surface area (Å²) >= 11 is 0. The zero-order valence-electron chi connectivity index (χ0n) is 10.7. The van der Waals surface area contributed by atoms with Crippen molar-refractivity contribution in [2.45, 2.75) is 18.5 Å². The first-order valence-corrected chi connectivity index (χ1v) is 9.78. The van der Waals surface area contributed by atoms with Crippen LogP contribution in [-0.4, -0.2) is 51.2 Å². The van der Waals surface area contributed by atoms with Crippen molar-refractivity contribution in [2.24, 2.45) is 0 Å². The molecule has 8 nitrogen and oxygen atoms in total. The number of nitrogens with zero attached hydrogens (tertiary/aromatic N) is 2. The SMILES string of the molecule is CCOC(=O)c1cnn(CCS(C)(=O)=O)c1S(=O)(=O)Cl. The van der Waals surface area contributed by atoms with Crippen LogP contribution in [0.1, 0.15) is 17.3 Å². The Bertz CT molecular complexity index is 707. The Hall–Kier alpha value is -1.13. The standard InChI is InChI=1S/C9H13ClN2O6S2/c1-3-18-9(13)7-6-11-12(4-5-19(2,14)15)8(7)20(10,16)17/h6H,3-5H2,1-2H3. The van der Waals surface area contributed by atoms with Crippen molar-refractivity contribution in [2.75, 3.05) is 18.6 Å². The summed E-state index contributed by atoms with van der Waals surface area (Å²) in [7, 11) is -2.34. The van der Waals surface area contributed by atoms with Crippen LogP contribution in [-0.2, 0) is 30.2 Å². The number of rotatable bonds is 6. The smallest absolute Gasteiger partial charge is 0.342 e. The predicted octanol–water partition coefficient (Wildman–Crippen LogP) is 0.0319. The summed E-state index contributed by atoms with van der Waals surface area (Å²) in [6, 6.07) is 0. The van der Waals surface area contributed by atoms with Crippen LogP contribution >= 0.6 is 10.7 Å². The molecule has 0 aliphatic heterocycles. The molecule has 114 valence electrons. The molecule has 0 N–H and O–H groups in total. The fourth-order valence-corrected chi connectivity index (χ4v) is 3.17. The molecule has 0 saturated heterocycles. The van der Waals surface area contributed by atoms with E-state index < -0.39 is 29.9 Å². The third-order valence-corrected chi connectivity index (χ3v) is 4.45. The quantitative estimate of drug-likeness (QED) is 0.528. The number of carbonyl (C=O) groups is 1. The average Bonchev–Trinajstić information content (AvgIpc) is 2.69. The molecule has 0 radical (unpaired) electrons. The van der Waals surface area contributed by atoms with E-state index in [1.165, 1.54) is 0 Å². The van der Waals surface area contributed by atoms with Crippen molar-refractivity contribution < 1.29 is 26.4 Å². The van der Waals surface area contributed by atoms with E-state index in [1.54, 1.807) is 6.92 Å². The topological polar surface area (TPSA) is 112 Å². The van der Waals surface area contributed by atoms with Crippen LogP contribution in [0.5, 0.6) is 0 Å². The zero-order valence-corrected chi connectivity index (χ0v) is 13.1. The third kappa shape index (κ3) is 4.46. The molecule has 1 aromatic rings. The third-order valence-electron chi connectivity index (χ3n) is 2.19. The van der Waals surface area contributed by atoms with E-state index >= 15 is 0 Å². The van der Waals surface area contributed by atoms with Crippen LogP contribution in [0.2, 0.25) is 0 Å². The molecule has 20 heavy (non-hydrogen) atoms. The van der Waals surface area contributed by atoms with E-state index in [1.807, 2.05) is 0 Å². The molecular weight excluding hydrogens is 332 g/mol. The predicted molar refractivity (Wildman–Crippen MR) is 70.9 cm³/mol. The van der Waals surface area contributed by atoms with Gasteiger partial charge in [-0.1, -0.05) is 0 Å². The Balaban J connectivity index is 3.24. The summed E-state index contributed by atoms with van der Waals surface area (Å²) in [5, 5.41) is 3.11. The summed E-state index contributed by atoms with van der Waals surface area (Å²) in [5.41, 5.74) is -0.324. The molecule has 0 aromatic carbocycles. The van der Waals surface area contributed by atoms with Gasteiger partial charge in [0.05, 0.1) is 25.1 Å². The number of halogens is 1. The summed E-state index contributed by atoms with van der Waals surface area (Å²) in [6.45, 7) is 1.37. The van der Waals surface area contributed by atoms with E-state index in [-0.39, 0.29) is 24.5 Å². The van der Waals surface area contributed by atoms with E-state index in [9.17, 15) is 21.6 Å². The number of carbonyl (C=O) groups excluding carboxylic acids is 1. The van der Waals surface area contributed by atoms with Crippen LogP contribution < -0.4 is 0 Å². The number of esters is 1. The lowest BCUT2D eigenvalue weighted by Gasteiger charge is -2.06. The van der Waals surface area contributed by atoms with Crippen LogP contribution in [0, 0.1) is 0 Å². The van der Waals surface area contributed by atoms with Crippen molar-refractivity contribution in [1.82, 2.24) is 9.78 Å². The number of aryl methyl sites for hydroxylation is 1. The first-order valence-electron chi connectivity index (χ1n) is 5.41. The van der Waals surface area contributed by atoms with E-state index in [0.29, 0.717) is 0 Å². The van der Waals surface area contributed by atoms with Gasteiger partial charge in [0.25, 0.3) is 9.05 Å². The maximum absolute atomic E-state index is 11.6. The minimum Gasteiger partial charge on any atom is -0.462 e. The van der Waals surface area contributed by atoms with Gasteiger partial charge in [-0.05, 0) is 6.92 Å². The van der Waals surface area contributed by atoms with E-state index in [2.05, 4.69) is 9.84 Å². The Morgan fingerprint density at radius 1 is 1.40 bits per heavy atom. The maximum Gasteiger partial charge on any atom is 0.342 e. The number of sulfone groups is 1. The summed E-state index contributed by atoms with van der Waals surface area (Å²) in [4.78, 5) is 11.6. The molecule has 0 fully saturated rings. The molecule has 1 aromatic heterocycles. The highest BCUT2D eigenvalue weighted by atomic mass is 35.7. The Morgan fingerprint density at radius 3 is 2.45 bits per heavy atom. The van der Waals surface area contributed by atoms with Gasteiger partial charge in [-0.15, -0.1) is 0 Å². The number of hydrogen-bond acceptors (Lipinski definition) is 7. The lowest BCUT2D eigenvalue weighted by Crippen LogP contribution is -2.17. The number of ether oxygens (including phenoxy) is 1. The molecule has 0 saturated carbocycles. The van der Waals surface area contributed by atoms with Gasteiger partial charge in [-0.25, -0.2) is 21.6 Å². The number of hydrogen-bond donors (Lipinski definition) is 0. The summed E-state index contributed by atoms with van der Waals surface area (Å²) in [6.07, 6.45) is 1.98. The van der Waals surface area contributed by atoms with Gasteiger partial charge in [0.2, 0.25) is 0 Å². The van der Waals surface area contributed by atoms with Crippen LogP contribution in [0.15, 0.2) is 11.2 Å². The van der Waals surface area contributed by atoms with Crippen molar-refractivity contribution >= 4 is 35.5 Å². The van der Waals surface area contributed by atoms with Crippen LogP contribution in [0.3, 0.4) is 0 Å². The van der Waals surface area contributed by atoms with Gasteiger partial charge in [0.1, 0.15) is 15.4 Å². The van der Waals surface area contributed by atoms with Crippen molar-refractivity contribution in [1.29, 1.82) is 0 Å². The second kappa shape index (κ2) is 6.10. The van der Waals surface area contributed by atoms with E-state index in [0.717, 1.165) is 17.1 Å². The molecule has 0 amide bonds. The maximum atomic E-state index is 11.6. The Labute approximate surface area is 121 Å². The summed E-state index contributed by atoms with van der Waals surface area (Å²) < 4.78 is 50.8. The minimum atomic E-state index is -4.27. The lowest BCUT2D eigenvalue weighted by molar-refractivity contribution is 0.0521. The van der Waals surface area contributed by atoms with Crippen LogP contribution in [0.25, 0.3) is 0 Å². The molecule has 1 heterocycles. The minimum absolute atomic E-state index is 0.0507. The zero-order chi connectivity index (χ0) is 15.6. The molecular formula is C9H13ClN2O6S2. The van der Waals surface area contributed by atoms with Gasteiger partial charge in [0.15, 0.2) is 5.03 Å². The fraction of sp³-hybridized carbons (Fsp3) is 0.556. The molecule has 0 bridgehead atoms. The second-order valence-corrected chi connectivity index (χ2v) is 8.62. The van der Waals surface area contributed by atoms with Gasteiger partial charge in [-0.2, -0.15) is 5.10 Å². The molecule has 0 aliphatic carbocycles. The number of aromatic nitrogens is 2. The highest BCUT2D eigenvalue weighted by Crippen LogP contribution is 2.21. The molecule has 11 heteroatoms. The average molecular weight is 345 g/mol. The molecule has 0 unspecified atom stereocenters. The monoisotopic (exact) mass is 344 g/mol. The first-order chi connectivity index (χ1) is 9.06. The molecule has 0 aliphatic rings. The normalized spacial score (nSPS) is 12.3. The molecule has 0 atom stereocenters. The largest absolute Gasteiger partial charge is 0.462 e. The molecule has 0 spiro atoms. The Kier molecular flexibility index (Phi) is 5.16. The Morgan fingerprint density at radius 2 is 2.00 bits per heavy atom. The van der Waals surface area contributed by atoms with Crippen molar-refractivity contribution in [3.63, 3.8) is 0 Å². The van der Waals surface area contributed by atoms with Crippen molar-refractivity contribution in [3.8, 4) is 0 Å². The molecule has 1 rings (SSSR count). The first kappa shape index (κ1) is 16.9. The lowest BCUT2D eigenvalue weighted by atomic mass is 10.4. The van der Waals surface area contributed by atoms with Gasteiger partial charge in [0, 0.05) is 16.9 Å². The highest BCUT2D eigenvalue weighted by Gasteiger charge is 2.28. The second-order valence-electron chi connectivity index (χ2n) is 3.87. The van der Waals surface area contributed by atoms with Crippen LogP contribution in [0.4, 0.5) is 0 Å². The van der Waals surface area contributed by atoms with Gasteiger partial charge in [-0.3, -0.25) is 4.68 Å². The van der Waals surface area contributed by atoms with Gasteiger partial charge < -0.3 is 4.74 Å². The fourth-order valence-electron chi connectivity index (χ4n) is 1.39. The summed E-state index contributed by atoms with van der Waals surface area (Å²) in [5.74, 6) is -1.23. The highest BCUT2D eigenvalue weighted by molar-refractivity contribution is 8.13. The van der Waals surface area contributed by atoms with E-state index in [4.69, 9.17) is 10.7 Å². The van der Waals surface area contributed by atoms with Gasteiger partial charge >= 0.3 is 5.97 Å². The van der Waals surface area contributed by atoms with Crippen molar-refractivity contribution in [3.05, 3.63) is 11.8 Å².